The van der Waals surface area contributed by atoms with Gasteiger partial charge in [-0.3, -0.25) is 14.4 Å². The van der Waals surface area contributed by atoms with Crippen molar-refractivity contribution in [3.05, 3.63) is 71.5 Å². The molecule has 0 heterocycles. The molecule has 3 aromatic rings. The van der Waals surface area contributed by atoms with Crippen LogP contribution in [0, 0.1) is 11.7 Å². The molecule has 1 saturated carbocycles. The number of carboxylic acid groups (broad SMARTS) is 1. The van der Waals surface area contributed by atoms with Crippen molar-refractivity contribution < 1.29 is 33.4 Å². The summed E-state index contributed by atoms with van der Waals surface area (Å²) in [7, 11) is 1.60. The molecule has 0 spiro atoms. The van der Waals surface area contributed by atoms with Gasteiger partial charge in [-0.15, -0.1) is 0 Å². The second kappa shape index (κ2) is 11.7. The van der Waals surface area contributed by atoms with Gasteiger partial charge in [0.1, 0.15) is 17.3 Å². The summed E-state index contributed by atoms with van der Waals surface area (Å²) in [4.78, 5) is 36.0. The van der Waals surface area contributed by atoms with Gasteiger partial charge < -0.3 is 25.2 Å². The third-order valence-corrected chi connectivity index (χ3v) is 6.52. The van der Waals surface area contributed by atoms with E-state index in [1.807, 2.05) is 24.3 Å². The van der Waals surface area contributed by atoms with Crippen molar-refractivity contribution in [1.29, 1.82) is 0 Å². The summed E-state index contributed by atoms with van der Waals surface area (Å²) in [6.07, 6.45) is 2.04. The Bertz CT molecular complexity index is 1300. The maximum atomic E-state index is 14.6. The zero-order valence-corrected chi connectivity index (χ0v) is 20.5. The second-order valence-corrected chi connectivity index (χ2v) is 9.01. The van der Waals surface area contributed by atoms with Crippen LogP contribution in [0.5, 0.6) is 11.5 Å². The number of carbonyl (C=O) groups is 3. The van der Waals surface area contributed by atoms with E-state index >= 15 is 0 Å². The van der Waals surface area contributed by atoms with Crippen LogP contribution < -0.4 is 20.1 Å². The topological polar surface area (TPSA) is 114 Å². The highest BCUT2D eigenvalue weighted by atomic mass is 19.1. The molecule has 8 nitrogen and oxygen atoms in total. The smallest absolute Gasteiger partial charge is 0.306 e. The van der Waals surface area contributed by atoms with Gasteiger partial charge in [-0.05, 0) is 72.9 Å². The maximum absolute atomic E-state index is 14.6. The number of aliphatic carboxylic acids is 1. The Hall–Kier alpha value is -4.14. The van der Waals surface area contributed by atoms with E-state index in [4.69, 9.17) is 14.6 Å². The van der Waals surface area contributed by atoms with Crippen LogP contribution in [0.4, 0.5) is 4.39 Å². The molecule has 1 aliphatic carbocycles. The zero-order chi connectivity index (χ0) is 26.4. The van der Waals surface area contributed by atoms with E-state index in [2.05, 4.69) is 10.6 Å². The van der Waals surface area contributed by atoms with Gasteiger partial charge in [0.2, 0.25) is 0 Å². The van der Waals surface area contributed by atoms with E-state index in [0.29, 0.717) is 37.0 Å². The molecule has 0 aliphatic heterocycles. The lowest BCUT2D eigenvalue weighted by atomic mass is 9.87. The zero-order valence-electron chi connectivity index (χ0n) is 20.5. The number of hydrogen-bond acceptors (Lipinski definition) is 5. The van der Waals surface area contributed by atoms with Crippen molar-refractivity contribution >= 4 is 28.6 Å². The number of benzene rings is 3. The number of amides is 2. The lowest BCUT2D eigenvalue weighted by molar-refractivity contribution is -0.143. The number of methoxy groups -OCH3 is 1. The van der Waals surface area contributed by atoms with Gasteiger partial charge in [-0.2, -0.15) is 0 Å². The standard InChI is InChI=1S/C28H29FN2O6/c1-36-22-9-6-18-14-20(3-2-19(18)15-22)26(32)30-12-13-31-27(33)24-11-10-23(16-25(24)29)37-21-7-4-17(5-8-21)28(34)35/h2-3,6,9-11,14-17,21H,4-5,7-8,12-13H2,1H3,(H,30,32)(H,31,33)(H,34,35). The number of nitrogens with one attached hydrogen (secondary N) is 2. The molecule has 0 bridgehead atoms. The summed E-state index contributed by atoms with van der Waals surface area (Å²) in [6.45, 7) is 0.299. The first-order valence-corrected chi connectivity index (χ1v) is 12.2. The Morgan fingerprint density at radius 2 is 1.51 bits per heavy atom. The predicted octanol–water partition coefficient (Wildman–Crippen LogP) is 4.17. The van der Waals surface area contributed by atoms with Gasteiger partial charge in [-0.25, -0.2) is 4.39 Å². The van der Waals surface area contributed by atoms with E-state index in [0.717, 1.165) is 22.6 Å². The van der Waals surface area contributed by atoms with Crippen LogP contribution in [-0.2, 0) is 4.79 Å². The van der Waals surface area contributed by atoms with Gasteiger partial charge in [0.05, 0.1) is 24.7 Å². The minimum Gasteiger partial charge on any atom is -0.497 e. The third-order valence-electron chi connectivity index (χ3n) is 6.52. The molecular weight excluding hydrogens is 479 g/mol. The fraction of sp³-hybridized carbons (Fsp3) is 0.321. The molecule has 4 rings (SSSR count). The van der Waals surface area contributed by atoms with E-state index in [-0.39, 0.29) is 36.6 Å². The molecule has 0 saturated heterocycles. The average molecular weight is 509 g/mol. The first kappa shape index (κ1) is 25.9. The van der Waals surface area contributed by atoms with Crippen LogP contribution in [0.2, 0.25) is 0 Å². The predicted molar refractivity (Wildman–Crippen MR) is 136 cm³/mol. The lowest BCUT2D eigenvalue weighted by Crippen LogP contribution is -2.35. The molecule has 3 N–H and O–H groups in total. The molecule has 1 fully saturated rings. The van der Waals surface area contributed by atoms with E-state index in [1.54, 1.807) is 19.2 Å². The molecule has 1 aliphatic rings. The third kappa shape index (κ3) is 6.55. The van der Waals surface area contributed by atoms with Gasteiger partial charge in [-0.1, -0.05) is 12.1 Å². The quantitative estimate of drug-likeness (QED) is 0.374. The van der Waals surface area contributed by atoms with Crippen LogP contribution in [-0.4, -0.2) is 49.2 Å². The summed E-state index contributed by atoms with van der Waals surface area (Å²) in [5, 5.41) is 16.3. The molecule has 9 heteroatoms. The Balaban J connectivity index is 1.24. The summed E-state index contributed by atoms with van der Waals surface area (Å²) in [6, 6.07) is 15.0. The number of halogens is 1. The Morgan fingerprint density at radius 3 is 2.19 bits per heavy atom. The molecule has 0 aromatic heterocycles. The van der Waals surface area contributed by atoms with E-state index in [1.165, 1.54) is 12.1 Å². The molecule has 0 radical (unpaired) electrons. The molecule has 37 heavy (non-hydrogen) atoms. The number of ether oxygens (including phenoxy) is 2. The van der Waals surface area contributed by atoms with Crippen molar-refractivity contribution in [1.82, 2.24) is 10.6 Å². The average Bonchev–Trinajstić information content (AvgIpc) is 2.90. The maximum Gasteiger partial charge on any atom is 0.306 e. The Morgan fingerprint density at radius 1 is 0.865 bits per heavy atom. The number of fused-ring (bicyclic) bond motifs is 1. The number of rotatable bonds is 9. The van der Waals surface area contributed by atoms with Gasteiger partial charge in [0.25, 0.3) is 11.8 Å². The van der Waals surface area contributed by atoms with Crippen LogP contribution in [0.15, 0.2) is 54.6 Å². The minimum atomic E-state index is -0.797. The van der Waals surface area contributed by atoms with Crippen LogP contribution in [0.3, 0.4) is 0 Å². The highest BCUT2D eigenvalue weighted by Gasteiger charge is 2.27. The summed E-state index contributed by atoms with van der Waals surface area (Å²) < 4.78 is 25.6. The molecule has 0 unspecified atom stereocenters. The van der Waals surface area contributed by atoms with Crippen molar-refractivity contribution in [2.24, 2.45) is 5.92 Å². The summed E-state index contributed by atoms with van der Waals surface area (Å²) in [5.74, 6) is -1.71. The van der Waals surface area contributed by atoms with Crippen LogP contribution in [0.1, 0.15) is 46.4 Å². The van der Waals surface area contributed by atoms with E-state index in [9.17, 15) is 18.8 Å². The first-order valence-electron chi connectivity index (χ1n) is 12.2. The minimum absolute atomic E-state index is 0.125. The Labute approximate surface area is 213 Å². The largest absolute Gasteiger partial charge is 0.497 e. The van der Waals surface area contributed by atoms with Gasteiger partial charge in [0.15, 0.2) is 0 Å². The highest BCUT2D eigenvalue weighted by molar-refractivity contribution is 5.99. The normalized spacial score (nSPS) is 17.1. The highest BCUT2D eigenvalue weighted by Crippen LogP contribution is 2.28. The molecular formula is C28H29FN2O6. The SMILES string of the molecule is COc1ccc2cc(C(=O)NCCNC(=O)c3ccc(OC4CCC(C(=O)O)CC4)cc3F)ccc2c1. The first-order chi connectivity index (χ1) is 17.8. The monoisotopic (exact) mass is 508 g/mol. The van der Waals surface area contributed by atoms with Gasteiger partial charge >= 0.3 is 5.97 Å². The lowest BCUT2D eigenvalue weighted by Gasteiger charge is -2.26. The fourth-order valence-electron chi connectivity index (χ4n) is 4.41. The van der Waals surface area contributed by atoms with Crippen molar-refractivity contribution in [3.8, 4) is 11.5 Å². The number of hydrogen-bond donors (Lipinski definition) is 3. The van der Waals surface area contributed by atoms with Crippen LogP contribution in [0.25, 0.3) is 10.8 Å². The Kier molecular flexibility index (Phi) is 8.22. The van der Waals surface area contributed by atoms with Crippen molar-refractivity contribution in [3.63, 3.8) is 0 Å². The fourth-order valence-corrected chi connectivity index (χ4v) is 4.41. The number of carbonyl (C=O) groups excluding carboxylic acids is 2. The second-order valence-electron chi connectivity index (χ2n) is 9.01. The van der Waals surface area contributed by atoms with Crippen LogP contribution >= 0.6 is 0 Å². The summed E-state index contributed by atoms with van der Waals surface area (Å²) in [5.41, 5.74) is 0.361. The number of carboxylic acids is 1. The molecule has 2 amide bonds. The molecule has 3 aromatic carbocycles. The van der Waals surface area contributed by atoms with Gasteiger partial charge in [0, 0.05) is 24.7 Å². The van der Waals surface area contributed by atoms with Crippen molar-refractivity contribution in [2.75, 3.05) is 20.2 Å². The molecule has 194 valence electrons. The van der Waals surface area contributed by atoms with Crippen molar-refractivity contribution in [2.45, 2.75) is 31.8 Å². The molecule has 0 atom stereocenters. The van der Waals surface area contributed by atoms with E-state index < -0.39 is 17.7 Å². The summed E-state index contributed by atoms with van der Waals surface area (Å²) >= 11 is 0.